The summed E-state index contributed by atoms with van der Waals surface area (Å²) in [5.74, 6) is 0. The third kappa shape index (κ3) is 2.27. The molecule has 14 heavy (non-hydrogen) atoms. The Morgan fingerprint density at radius 1 is 1.50 bits per heavy atom. The van der Waals surface area contributed by atoms with Gasteiger partial charge in [-0.15, -0.1) is 0 Å². The van der Waals surface area contributed by atoms with Gasteiger partial charge in [0.1, 0.15) is 0 Å². The lowest BCUT2D eigenvalue weighted by Gasteiger charge is -2.37. The van der Waals surface area contributed by atoms with Crippen molar-refractivity contribution in [2.75, 3.05) is 20.3 Å². The van der Waals surface area contributed by atoms with Crippen LogP contribution in [0.3, 0.4) is 0 Å². The molecule has 1 N–H and O–H groups in total. The van der Waals surface area contributed by atoms with Gasteiger partial charge < -0.3 is 14.8 Å². The van der Waals surface area contributed by atoms with Crippen LogP contribution < -0.4 is 5.32 Å². The maximum absolute atomic E-state index is 5.72. The van der Waals surface area contributed by atoms with E-state index < -0.39 is 0 Å². The fraction of sp³-hybridized carbons (Fsp3) is 1.00. The van der Waals surface area contributed by atoms with Gasteiger partial charge in [-0.05, 0) is 32.6 Å². The first-order valence-electron chi connectivity index (χ1n) is 5.62. The predicted molar refractivity (Wildman–Crippen MR) is 55.4 cm³/mol. The minimum atomic E-state index is 0.0954. The van der Waals surface area contributed by atoms with Gasteiger partial charge in [0.15, 0.2) is 0 Å². The molecule has 3 heteroatoms. The lowest BCUT2D eigenvalue weighted by atomic mass is 9.88. The zero-order chi connectivity index (χ0) is 10.0. The Labute approximate surface area is 86.2 Å². The van der Waals surface area contributed by atoms with Gasteiger partial charge in [-0.3, -0.25) is 0 Å². The first-order valence-corrected chi connectivity index (χ1v) is 5.62. The number of methoxy groups -OCH3 is 1. The lowest BCUT2D eigenvalue weighted by Crippen LogP contribution is -2.50. The van der Waals surface area contributed by atoms with Gasteiger partial charge in [-0.1, -0.05) is 0 Å². The zero-order valence-electron chi connectivity index (χ0n) is 9.21. The highest BCUT2D eigenvalue weighted by molar-refractivity contribution is 4.90. The largest absolute Gasteiger partial charge is 0.381 e. The van der Waals surface area contributed by atoms with Crippen LogP contribution in [-0.4, -0.2) is 38.0 Å². The Morgan fingerprint density at radius 3 is 2.86 bits per heavy atom. The van der Waals surface area contributed by atoms with E-state index in [2.05, 4.69) is 12.2 Å². The molecule has 1 atom stereocenters. The first-order chi connectivity index (χ1) is 6.72. The van der Waals surface area contributed by atoms with E-state index in [1.54, 1.807) is 7.11 Å². The molecule has 1 saturated carbocycles. The van der Waals surface area contributed by atoms with E-state index in [0.29, 0.717) is 12.1 Å². The Bertz CT molecular complexity index is 184. The van der Waals surface area contributed by atoms with Crippen molar-refractivity contribution >= 4 is 0 Å². The molecule has 0 aromatic heterocycles. The van der Waals surface area contributed by atoms with Crippen molar-refractivity contribution in [1.29, 1.82) is 0 Å². The van der Waals surface area contributed by atoms with Crippen LogP contribution >= 0.6 is 0 Å². The van der Waals surface area contributed by atoms with Crippen LogP contribution in [-0.2, 0) is 9.47 Å². The van der Waals surface area contributed by atoms with E-state index in [1.807, 2.05) is 0 Å². The number of hydrogen-bond acceptors (Lipinski definition) is 3. The van der Waals surface area contributed by atoms with E-state index >= 15 is 0 Å². The molecule has 1 aliphatic heterocycles. The van der Waals surface area contributed by atoms with Gasteiger partial charge >= 0.3 is 0 Å². The van der Waals surface area contributed by atoms with Gasteiger partial charge in [0.25, 0.3) is 0 Å². The molecular weight excluding hydrogens is 178 g/mol. The number of hydrogen-bond donors (Lipinski definition) is 1. The molecule has 0 radical (unpaired) electrons. The van der Waals surface area contributed by atoms with Crippen LogP contribution in [0.5, 0.6) is 0 Å². The average molecular weight is 199 g/mol. The smallest absolute Gasteiger partial charge is 0.0779 e. The molecule has 0 amide bonds. The molecule has 0 bridgehead atoms. The van der Waals surface area contributed by atoms with Crippen LogP contribution in [0, 0.1) is 0 Å². The first kappa shape index (κ1) is 10.4. The quantitative estimate of drug-likeness (QED) is 0.741. The Balaban J connectivity index is 1.63. The summed E-state index contributed by atoms with van der Waals surface area (Å²) in [6.07, 6.45) is 5.22. The van der Waals surface area contributed by atoms with Crippen molar-refractivity contribution in [3.8, 4) is 0 Å². The van der Waals surface area contributed by atoms with Crippen LogP contribution in [0.1, 0.15) is 32.6 Å². The summed E-state index contributed by atoms with van der Waals surface area (Å²) in [5.41, 5.74) is 0.0954. The molecule has 2 rings (SSSR count). The molecule has 1 saturated heterocycles. The minimum Gasteiger partial charge on any atom is -0.381 e. The van der Waals surface area contributed by atoms with Crippen LogP contribution in [0.2, 0.25) is 0 Å². The maximum atomic E-state index is 5.72. The second-order valence-corrected chi connectivity index (χ2v) is 4.81. The lowest BCUT2D eigenvalue weighted by molar-refractivity contribution is -0.00750. The summed E-state index contributed by atoms with van der Waals surface area (Å²) < 4.78 is 11.0. The van der Waals surface area contributed by atoms with Gasteiger partial charge in [0.05, 0.1) is 11.7 Å². The van der Waals surface area contributed by atoms with Crippen LogP contribution in [0.25, 0.3) is 0 Å². The molecule has 1 heterocycles. The predicted octanol–water partition coefficient (Wildman–Crippen LogP) is 1.32. The Kier molecular flexibility index (Phi) is 3.10. The fourth-order valence-electron chi connectivity index (χ4n) is 2.26. The molecular formula is C11H21NO2. The third-order valence-corrected chi connectivity index (χ3v) is 3.49. The molecule has 2 aliphatic rings. The van der Waals surface area contributed by atoms with Crippen molar-refractivity contribution in [2.24, 2.45) is 0 Å². The molecule has 1 aliphatic carbocycles. The summed E-state index contributed by atoms with van der Waals surface area (Å²) in [5, 5.41) is 3.56. The van der Waals surface area contributed by atoms with E-state index in [9.17, 15) is 0 Å². The summed E-state index contributed by atoms with van der Waals surface area (Å²) in [6, 6.07) is 0.654. The second-order valence-electron chi connectivity index (χ2n) is 4.81. The van der Waals surface area contributed by atoms with Gasteiger partial charge in [-0.2, -0.15) is 0 Å². The molecule has 0 aromatic rings. The SMILES string of the molecule is COC1CC(NCC2(C)CCCO2)C1. The topological polar surface area (TPSA) is 30.5 Å². The Morgan fingerprint density at radius 2 is 2.29 bits per heavy atom. The maximum Gasteiger partial charge on any atom is 0.0779 e. The average Bonchev–Trinajstić information content (AvgIpc) is 2.50. The van der Waals surface area contributed by atoms with E-state index in [1.165, 1.54) is 12.8 Å². The van der Waals surface area contributed by atoms with Gasteiger partial charge in [0.2, 0.25) is 0 Å². The van der Waals surface area contributed by atoms with Crippen molar-refractivity contribution in [1.82, 2.24) is 5.32 Å². The monoisotopic (exact) mass is 199 g/mol. The second kappa shape index (κ2) is 4.17. The van der Waals surface area contributed by atoms with E-state index in [-0.39, 0.29) is 5.60 Å². The summed E-state index contributed by atoms with van der Waals surface area (Å²) in [7, 11) is 1.79. The highest BCUT2D eigenvalue weighted by atomic mass is 16.5. The normalized spacial score (nSPS) is 42.4. The number of rotatable bonds is 4. The molecule has 3 nitrogen and oxygen atoms in total. The van der Waals surface area contributed by atoms with E-state index in [0.717, 1.165) is 26.0 Å². The molecule has 0 spiro atoms. The molecule has 2 fully saturated rings. The third-order valence-electron chi connectivity index (χ3n) is 3.49. The summed E-state index contributed by atoms with van der Waals surface area (Å²) >= 11 is 0. The van der Waals surface area contributed by atoms with Crippen molar-refractivity contribution in [3.63, 3.8) is 0 Å². The standard InChI is InChI=1S/C11H21NO2/c1-11(4-3-5-14-11)8-12-9-6-10(7-9)13-2/h9-10,12H,3-8H2,1-2H3. The van der Waals surface area contributed by atoms with Crippen molar-refractivity contribution in [2.45, 2.75) is 50.4 Å². The highest BCUT2D eigenvalue weighted by Gasteiger charge is 2.33. The fourth-order valence-corrected chi connectivity index (χ4v) is 2.26. The molecule has 0 aromatic carbocycles. The summed E-state index contributed by atoms with van der Waals surface area (Å²) in [4.78, 5) is 0. The van der Waals surface area contributed by atoms with Gasteiger partial charge in [0, 0.05) is 26.3 Å². The highest BCUT2D eigenvalue weighted by Crippen LogP contribution is 2.27. The van der Waals surface area contributed by atoms with Crippen LogP contribution in [0.4, 0.5) is 0 Å². The van der Waals surface area contributed by atoms with Crippen molar-refractivity contribution < 1.29 is 9.47 Å². The number of nitrogens with one attached hydrogen (secondary N) is 1. The molecule has 82 valence electrons. The van der Waals surface area contributed by atoms with Crippen LogP contribution in [0.15, 0.2) is 0 Å². The van der Waals surface area contributed by atoms with Gasteiger partial charge in [-0.25, -0.2) is 0 Å². The number of ether oxygens (including phenoxy) is 2. The van der Waals surface area contributed by atoms with E-state index in [4.69, 9.17) is 9.47 Å². The molecule has 1 unspecified atom stereocenters. The Hall–Kier alpha value is -0.120. The minimum absolute atomic E-state index is 0.0954. The summed E-state index contributed by atoms with van der Waals surface area (Å²) in [6.45, 7) is 4.14. The van der Waals surface area contributed by atoms with Crippen molar-refractivity contribution in [3.05, 3.63) is 0 Å². The zero-order valence-corrected chi connectivity index (χ0v) is 9.21.